The van der Waals surface area contributed by atoms with E-state index in [1.807, 2.05) is 24.3 Å². The Balaban J connectivity index is 1.60. The summed E-state index contributed by atoms with van der Waals surface area (Å²) in [4.78, 5) is 27.5. The third-order valence-corrected chi connectivity index (χ3v) is 4.51. The topological polar surface area (TPSA) is 101 Å². The maximum Gasteiger partial charge on any atom is 0.345 e. The number of ether oxygens (including phenoxy) is 3. The van der Waals surface area contributed by atoms with Crippen molar-refractivity contribution in [3.8, 4) is 11.5 Å². The molecule has 0 amide bonds. The maximum absolute atomic E-state index is 12.5. The van der Waals surface area contributed by atoms with Crippen molar-refractivity contribution in [1.82, 2.24) is 4.98 Å². The van der Waals surface area contributed by atoms with Gasteiger partial charge in [0.2, 0.25) is 0 Å². The molecule has 1 aliphatic heterocycles. The van der Waals surface area contributed by atoms with E-state index in [4.69, 9.17) is 25.8 Å². The van der Waals surface area contributed by atoms with E-state index >= 15 is 0 Å². The second-order valence-electron chi connectivity index (χ2n) is 5.98. The molecule has 9 heteroatoms. The Bertz CT molecular complexity index is 1100. The number of nitrogens with zero attached hydrogens (tertiary/aromatic N) is 2. The molecule has 1 aromatic heterocycles. The fraction of sp³-hybridized carbons (Fsp3) is 0.158. The molecule has 0 unspecified atom stereocenters. The lowest BCUT2D eigenvalue weighted by molar-refractivity contribution is -0.385. The fourth-order valence-corrected chi connectivity index (χ4v) is 3.05. The molecule has 0 fully saturated rings. The highest BCUT2D eigenvalue weighted by Gasteiger charge is 2.27. The van der Waals surface area contributed by atoms with Crippen LogP contribution in [-0.2, 0) is 11.3 Å². The molecule has 2 aromatic carbocycles. The lowest BCUT2D eigenvalue weighted by Crippen LogP contribution is -2.17. The van der Waals surface area contributed by atoms with Gasteiger partial charge in [-0.25, -0.2) is 9.78 Å². The Morgan fingerprint density at radius 1 is 1.18 bits per heavy atom. The van der Waals surface area contributed by atoms with Crippen LogP contribution >= 0.6 is 11.6 Å². The summed E-state index contributed by atoms with van der Waals surface area (Å²) in [5.41, 5.74) is 0.565. The zero-order chi connectivity index (χ0) is 19.7. The molecule has 1 aliphatic rings. The van der Waals surface area contributed by atoms with Crippen molar-refractivity contribution in [3.63, 3.8) is 0 Å². The van der Waals surface area contributed by atoms with Crippen molar-refractivity contribution < 1.29 is 23.9 Å². The molecule has 142 valence electrons. The zero-order valence-electron chi connectivity index (χ0n) is 14.4. The molecule has 0 radical (unpaired) electrons. The number of halogens is 1. The average molecular weight is 401 g/mol. The third-order valence-electron chi connectivity index (χ3n) is 4.19. The van der Waals surface area contributed by atoms with Gasteiger partial charge in [0.05, 0.1) is 16.5 Å². The summed E-state index contributed by atoms with van der Waals surface area (Å²) in [6.07, 6.45) is 0. The number of esters is 1. The Morgan fingerprint density at radius 2 is 1.89 bits per heavy atom. The number of nitro benzene ring substituents is 1. The van der Waals surface area contributed by atoms with Gasteiger partial charge in [0, 0.05) is 17.0 Å². The van der Waals surface area contributed by atoms with Gasteiger partial charge >= 0.3 is 5.97 Å². The Hall–Kier alpha value is -3.39. The average Bonchev–Trinajstić information content (AvgIpc) is 2.70. The first-order valence-corrected chi connectivity index (χ1v) is 8.70. The highest BCUT2D eigenvalue weighted by molar-refractivity contribution is 6.30. The standard InChI is InChI=1S/C19H13ClN2O6/c20-18-12(7-11-3-1-2-4-14(11)21-18)10-28-19(23)13-8-16-17(27-6-5-26-16)9-15(13)22(24)25/h1-4,7-9H,5-6,10H2. The number of benzene rings is 2. The number of hydrogen-bond donors (Lipinski definition) is 0. The molecule has 0 spiro atoms. The van der Waals surface area contributed by atoms with Crippen LogP contribution in [0.25, 0.3) is 10.9 Å². The van der Waals surface area contributed by atoms with Crippen molar-refractivity contribution >= 4 is 34.2 Å². The van der Waals surface area contributed by atoms with Gasteiger partial charge in [-0.1, -0.05) is 29.8 Å². The molecule has 0 saturated heterocycles. The number of nitro groups is 1. The molecule has 3 aromatic rings. The molecule has 28 heavy (non-hydrogen) atoms. The Labute approximate surface area is 163 Å². The summed E-state index contributed by atoms with van der Waals surface area (Å²) < 4.78 is 16.0. The first-order chi connectivity index (χ1) is 13.5. The largest absolute Gasteiger partial charge is 0.486 e. The van der Waals surface area contributed by atoms with Gasteiger partial charge in [0.15, 0.2) is 11.5 Å². The van der Waals surface area contributed by atoms with Crippen molar-refractivity contribution in [2.24, 2.45) is 0 Å². The molecule has 8 nitrogen and oxygen atoms in total. The summed E-state index contributed by atoms with van der Waals surface area (Å²) in [5.74, 6) is -0.390. The van der Waals surface area contributed by atoms with Crippen molar-refractivity contribution in [1.29, 1.82) is 0 Å². The first-order valence-electron chi connectivity index (χ1n) is 8.32. The number of fused-ring (bicyclic) bond motifs is 2. The second kappa shape index (κ2) is 7.32. The van der Waals surface area contributed by atoms with E-state index in [0.29, 0.717) is 11.1 Å². The van der Waals surface area contributed by atoms with E-state index < -0.39 is 16.6 Å². The number of rotatable bonds is 4. The van der Waals surface area contributed by atoms with Gasteiger partial charge in [0.1, 0.15) is 30.5 Å². The molecule has 0 saturated carbocycles. The van der Waals surface area contributed by atoms with Crippen LogP contribution in [0.4, 0.5) is 5.69 Å². The molecule has 0 atom stereocenters. The van der Waals surface area contributed by atoms with Gasteiger partial charge in [-0.05, 0) is 12.1 Å². The van der Waals surface area contributed by atoms with Crippen LogP contribution in [0.3, 0.4) is 0 Å². The molecule has 0 N–H and O–H groups in total. The van der Waals surface area contributed by atoms with Gasteiger partial charge < -0.3 is 14.2 Å². The van der Waals surface area contributed by atoms with Crippen molar-refractivity contribution in [2.45, 2.75) is 6.61 Å². The minimum atomic E-state index is -0.868. The van der Waals surface area contributed by atoms with Crippen molar-refractivity contribution in [2.75, 3.05) is 13.2 Å². The van der Waals surface area contributed by atoms with Crippen LogP contribution in [0.15, 0.2) is 42.5 Å². The predicted molar refractivity (Wildman–Crippen MR) is 100.0 cm³/mol. The number of para-hydroxylation sites is 1. The maximum atomic E-state index is 12.5. The SMILES string of the molecule is O=C(OCc1cc2ccccc2nc1Cl)c1cc2c(cc1[N+](=O)[O-])OCCO2. The summed E-state index contributed by atoms with van der Waals surface area (Å²) >= 11 is 6.16. The third kappa shape index (κ3) is 3.41. The lowest BCUT2D eigenvalue weighted by atomic mass is 10.1. The summed E-state index contributed by atoms with van der Waals surface area (Å²) in [5, 5.41) is 12.4. The van der Waals surface area contributed by atoms with E-state index in [9.17, 15) is 14.9 Å². The monoisotopic (exact) mass is 400 g/mol. The molecule has 4 rings (SSSR count). The molecular formula is C19H13ClN2O6. The van der Waals surface area contributed by atoms with E-state index in [2.05, 4.69) is 4.98 Å². The van der Waals surface area contributed by atoms with Crippen LogP contribution < -0.4 is 9.47 Å². The Morgan fingerprint density at radius 3 is 2.64 bits per heavy atom. The molecular weight excluding hydrogens is 388 g/mol. The number of carbonyl (C=O) groups is 1. The second-order valence-corrected chi connectivity index (χ2v) is 6.34. The summed E-state index contributed by atoms with van der Waals surface area (Å²) in [6.45, 7) is 0.389. The minimum absolute atomic E-state index is 0.179. The molecule has 2 heterocycles. The Kier molecular flexibility index (Phi) is 4.70. The number of carbonyl (C=O) groups excluding carboxylic acids is 1. The minimum Gasteiger partial charge on any atom is -0.486 e. The van der Waals surface area contributed by atoms with Gasteiger partial charge in [-0.15, -0.1) is 0 Å². The smallest absolute Gasteiger partial charge is 0.345 e. The highest BCUT2D eigenvalue weighted by Crippen LogP contribution is 2.37. The van der Waals surface area contributed by atoms with Crippen LogP contribution in [0.1, 0.15) is 15.9 Å². The molecule has 0 bridgehead atoms. The van der Waals surface area contributed by atoms with E-state index in [0.717, 1.165) is 11.5 Å². The van der Waals surface area contributed by atoms with E-state index in [1.165, 1.54) is 6.07 Å². The lowest BCUT2D eigenvalue weighted by Gasteiger charge is -2.18. The van der Waals surface area contributed by atoms with Gasteiger partial charge in [0.25, 0.3) is 5.69 Å². The van der Waals surface area contributed by atoms with Crippen LogP contribution in [0.5, 0.6) is 11.5 Å². The summed E-state index contributed by atoms with van der Waals surface area (Å²) in [6, 6.07) is 11.5. The highest BCUT2D eigenvalue weighted by atomic mass is 35.5. The number of pyridine rings is 1. The van der Waals surface area contributed by atoms with Gasteiger partial charge in [-0.3, -0.25) is 10.1 Å². The molecule has 0 aliphatic carbocycles. The first kappa shape index (κ1) is 18.0. The zero-order valence-corrected chi connectivity index (χ0v) is 15.1. The number of aromatic nitrogens is 1. The van der Waals surface area contributed by atoms with E-state index in [-0.39, 0.29) is 42.0 Å². The van der Waals surface area contributed by atoms with Crippen LogP contribution in [0, 0.1) is 10.1 Å². The van der Waals surface area contributed by atoms with Gasteiger partial charge in [-0.2, -0.15) is 0 Å². The predicted octanol–water partition coefficient (Wildman–Crippen LogP) is 3.92. The summed E-state index contributed by atoms with van der Waals surface area (Å²) in [7, 11) is 0. The van der Waals surface area contributed by atoms with Crippen molar-refractivity contribution in [3.05, 3.63) is 68.9 Å². The van der Waals surface area contributed by atoms with Crippen LogP contribution in [0.2, 0.25) is 5.15 Å². The van der Waals surface area contributed by atoms with E-state index in [1.54, 1.807) is 6.07 Å². The number of hydrogen-bond acceptors (Lipinski definition) is 7. The quantitative estimate of drug-likeness (QED) is 0.283. The fourth-order valence-electron chi connectivity index (χ4n) is 2.85. The normalized spacial score (nSPS) is 12.6. The van der Waals surface area contributed by atoms with Crippen LogP contribution in [-0.4, -0.2) is 29.1 Å².